The molecule has 0 atom stereocenters. The summed E-state index contributed by atoms with van der Waals surface area (Å²) >= 11 is 5.91. The van der Waals surface area contributed by atoms with Crippen LogP contribution in [0.1, 0.15) is 0 Å². The Morgan fingerprint density at radius 3 is 1.09 bits per heavy atom. The van der Waals surface area contributed by atoms with Gasteiger partial charge in [0, 0.05) is 8.95 Å². The maximum atomic E-state index is 10.5. The van der Waals surface area contributed by atoms with E-state index in [1.165, 1.54) is 36.4 Å². The first kappa shape index (κ1) is 23.1. The van der Waals surface area contributed by atoms with Gasteiger partial charge in [-0.25, -0.2) is 16.8 Å². The van der Waals surface area contributed by atoms with Gasteiger partial charge in [-0.05, 0) is 56.1 Å². The Balaban J connectivity index is 0.000000403. The van der Waals surface area contributed by atoms with Crippen LogP contribution in [0, 0.1) is 0 Å². The smallest absolute Gasteiger partial charge is 0.744 e. The summed E-state index contributed by atoms with van der Waals surface area (Å²) in [5.74, 6) is 0. The average Bonchev–Trinajstić information content (AvgIpc) is 2.37. The Morgan fingerprint density at radius 2 is 0.913 bits per heavy atom. The molecule has 0 radical (unpaired) electrons. The molecule has 0 aliphatic carbocycles. The topological polar surface area (TPSA) is 114 Å². The number of benzene rings is 2. The molecule has 0 aromatic heterocycles. The molecule has 11 heteroatoms. The number of rotatable bonds is 2. The van der Waals surface area contributed by atoms with Gasteiger partial charge in [-0.2, -0.15) is 0 Å². The van der Waals surface area contributed by atoms with Crippen LogP contribution in [-0.4, -0.2) is 25.9 Å². The van der Waals surface area contributed by atoms with Crippen molar-refractivity contribution in [2.75, 3.05) is 0 Å². The Hall–Kier alpha value is 0.142. The van der Waals surface area contributed by atoms with E-state index in [2.05, 4.69) is 31.9 Å². The summed E-state index contributed by atoms with van der Waals surface area (Å²) in [7, 11) is -8.66. The standard InChI is InChI=1S/2C6H5BrO3S.Cd/c2*7-5-3-1-2-4-6(5)11(8,9)10;/h2*1-4H,(H,8,9,10);/q;;+2/p-2. The van der Waals surface area contributed by atoms with Crippen molar-refractivity contribution in [3.63, 3.8) is 0 Å². The van der Waals surface area contributed by atoms with E-state index in [9.17, 15) is 25.9 Å². The van der Waals surface area contributed by atoms with Crippen molar-refractivity contribution in [2.24, 2.45) is 0 Å². The van der Waals surface area contributed by atoms with E-state index < -0.39 is 20.2 Å². The van der Waals surface area contributed by atoms with E-state index in [4.69, 9.17) is 0 Å². The van der Waals surface area contributed by atoms with Crippen LogP contribution in [0.25, 0.3) is 0 Å². The maximum Gasteiger partial charge on any atom is 2.00 e. The largest absolute Gasteiger partial charge is 2.00 e. The van der Waals surface area contributed by atoms with E-state index >= 15 is 0 Å². The molecular weight excluding hydrogens is 576 g/mol. The van der Waals surface area contributed by atoms with Gasteiger partial charge in [0.1, 0.15) is 20.2 Å². The van der Waals surface area contributed by atoms with Crippen molar-refractivity contribution >= 4 is 52.1 Å². The van der Waals surface area contributed by atoms with Gasteiger partial charge in [0.05, 0.1) is 9.79 Å². The van der Waals surface area contributed by atoms with Crippen LogP contribution < -0.4 is 0 Å². The van der Waals surface area contributed by atoms with Crippen LogP contribution in [0.4, 0.5) is 0 Å². The van der Waals surface area contributed by atoms with E-state index in [0.717, 1.165) is 0 Å². The molecule has 0 amide bonds. The predicted molar refractivity (Wildman–Crippen MR) is 84.2 cm³/mol. The van der Waals surface area contributed by atoms with Crippen molar-refractivity contribution in [2.45, 2.75) is 9.79 Å². The number of hydrogen-bond acceptors (Lipinski definition) is 6. The molecule has 0 N–H and O–H groups in total. The molecule has 23 heavy (non-hydrogen) atoms. The number of halogens is 2. The van der Waals surface area contributed by atoms with Gasteiger partial charge in [0.15, 0.2) is 0 Å². The van der Waals surface area contributed by atoms with Crippen molar-refractivity contribution in [3.8, 4) is 0 Å². The molecule has 2 rings (SSSR count). The van der Waals surface area contributed by atoms with Crippen molar-refractivity contribution < 1.29 is 53.2 Å². The summed E-state index contributed by atoms with van der Waals surface area (Å²) in [5.41, 5.74) is 0. The molecule has 0 aliphatic heterocycles. The second-order valence-electron chi connectivity index (χ2n) is 3.77. The van der Waals surface area contributed by atoms with E-state index in [1.807, 2.05) is 0 Å². The molecule has 0 heterocycles. The minimum absolute atomic E-state index is 0. The average molecular weight is 585 g/mol. The molecule has 0 spiro atoms. The molecule has 0 unspecified atom stereocenters. The Labute approximate surface area is 171 Å². The summed E-state index contributed by atoms with van der Waals surface area (Å²) in [6.07, 6.45) is 0. The fraction of sp³-hybridized carbons (Fsp3) is 0. The molecule has 0 saturated carbocycles. The third kappa shape index (κ3) is 7.71. The first-order valence-corrected chi connectivity index (χ1v) is 9.84. The van der Waals surface area contributed by atoms with Crippen LogP contribution in [0.2, 0.25) is 0 Å². The number of hydrogen-bond donors (Lipinski definition) is 0. The van der Waals surface area contributed by atoms with Crippen molar-refractivity contribution in [3.05, 3.63) is 57.5 Å². The Bertz CT molecular complexity index is 795. The fourth-order valence-electron chi connectivity index (χ4n) is 1.29. The summed E-state index contributed by atoms with van der Waals surface area (Å²) in [6, 6.07) is 11.8. The maximum absolute atomic E-state index is 10.5. The van der Waals surface area contributed by atoms with Crippen LogP contribution in [0.15, 0.2) is 67.3 Å². The first-order valence-electron chi connectivity index (χ1n) is 5.44. The molecule has 0 saturated heterocycles. The van der Waals surface area contributed by atoms with Gasteiger partial charge >= 0.3 is 27.3 Å². The minimum atomic E-state index is -4.33. The zero-order valence-corrected chi connectivity index (χ0v) is 20.2. The SMILES string of the molecule is O=S(=O)([O-])c1ccccc1Br.O=S(=O)([O-])c1ccccc1Br.[Cd+2]. The Kier molecular flexibility index (Phi) is 9.64. The van der Waals surface area contributed by atoms with Gasteiger partial charge in [0.2, 0.25) is 0 Å². The monoisotopic (exact) mass is 584 g/mol. The molecule has 2 aromatic carbocycles. The molecular formula is C12H8Br2CdO6S2. The summed E-state index contributed by atoms with van der Waals surface area (Å²) in [5, 5.41) is 0. The third-order valence-corrected chi connectivity index (χ3v) is 5.91. The molecule has 0 fully saturated rings. The van der Waals surface area contributed by atoms with Gasteiger partial charge in [0.25, 0.3) is 0 Å². The van der Waals surface area contributed by atoms with Crippen LogP contribution in [0.5, 0.6) is 0 Å². The van der Waals surface area contributed by atoms with Gasteiger partial charge in [-0.3, -0.25) is 0 Å². The van der Waals surface area contributed by atoms with Crippen LogP contribution >= 0.6 is 31.9 Å². The predicted octanol–water partition coefficient (Wildman–Crippen LogP) is 2.70. The van der Waals surface area contributed by atoms with Crippen molar-refractivity contribution in [1.29, 1.82) is 0 Å². The summed E-state index contributed by atoms with van der Waals surface area (Å²) < 4.78 is 63.4. The quantitative estimate of drug-likeness (QED) is 0.396. The summed E-state index contributed by atoms with van der Waals surface area (Å²) in [4.78, 5) is -0.444. The van der Waals surface area contributed by atoms with E-state index in [0.29, 0.717) is 8.95 Å². The second-order valence-corrected chi connectivity index (χ2v) is 8.17. The molecule has 6 nitrogen and oxygen atoms in total. The van der Waals surface area contributed by atoms with Gasteiger partial charge < -0.3 is 9.11 Å². The minimum Gasteiger partial charge on any atom is -0.744 e. The molecule has 120 valence electrons. The second kappa shape index (κ2) is 9.58. The zero-order valence-electron chi connectivity index (χ0n) is 11.3. The van der Waals surface area contributed by atoms with Gasteiger partial charge in [-0.1, -0.05) is 24.3 Å². The Morgan fingerprint density at radius 1 is 0.652 bits per heavy atom. The van der Waals surface area contributed by atoms with Crippen molar-refractivity contribution in [1.82, 2.24) is 0 Å². The van der Waals surface area contributed by atoms with E-state index in [-0.39, 0.29) is 37.1 Å². The van der Waals surface area contributed by atoms with Crippen LogP contribution in [-0.2, 0) is 47.5 Å². The van der Waals surface area contributed by atoms with Crippen LogP contribution in [0.3, 0.4) is 0 Å². The molecule has 0 bridgehead atoms. The fourth-order valence-corrected chi connectivity index (χ4v) is 4.16. The molecule has 0 aliphatic rings. The normalized spacial score (nSPS) is 11.0. The van der Waals surface area contributed by atoms with Gasteiger partial charge in [-0.15, -0.1) is 0 Å². The zero-order chi connectivity index (χ0) is 17.0. The van der Waals surface area contributed by atoms with E-state index in [1.54, 1.807) is 12.1 Å². The summed E-state index contributed by atoms with van der Waals surface area (Å²) in [6.45, 7) is 0. The molecule has 2 aromatic rings. The third-order valence-electron chi connectivity index (χ3n) is 2.21. The first-order chi connectivity index (χ1) is 10.0.